The number of aromatic hydroxyl groups is 2. The number of fused-ring (bicyclic) bond motifs is 10. The highest BCUT2D eigenvalue weighted by Gasteiger charge is 2.55. The van der Waals surface area contributed by atoms with Crippen molar-refractivity contribution in [1.82, 2.24) is 53.3 Å². The van der Waals surface area contributed by atoms with Crippen LogP contribution in [0.1, 0.15) is 179 Å². The van der Waals surface area contributed by atoms with E-state index >= 15 is 0 Å². The van der Waals surface area contributed by atoms with E-state index in [1.54, 1.807) is 12.1 Å². The summed E-state index contributed by atoms with van der Waals surface area (Å²) < 4.78 is 19.1. The number of ether oxygens (including phenoxy) is 2. The van der Waals surface area contributed by atoms with Gasteiger partial charge in [-0.05, 0) is 160 Å². The summed E-state index contributed by atoms with van der Waals surface area (Å²) in [7, 11) is 0. The van der Waals surface area contributed by atoms with Crippen LogP contribution < -0.4 is 67.8 Å². The first-order valence-corrected chi connectivity index (χ1v) is 42.9. The first-order chi connectivity index (χ1) is 61.9. The Hall–Kier alpha value is -14.2. The van der Waals surface area contributed by atoms with E-state index in [0.717, 1.165) is 128 Å². The average Bonchev–Trinajstić information content (AvgIpc) is 1.43. The highest BCUT2D eigenvalue weighted by atomic mass is 35.5. The first kappa shape index (κ1) is 93.4. The number of amides is 10. The molecule has 41 heteroatoms. The minimum Gasteiger partial charge on any atom is -0.506 e. The number of phenols is 2. The number of carbonyl (C=O) groups is 16. The predicted molar refractivity (Wildman–Crippen MR) is 465 cm³/mol. The predicted octanol–water partition coefficient (Wildman–Crippen LogP) is 5.58. The van der Waals surface area contributed by atoms with Crippen molar-refractivity contribution in [3.63, 3.8) is 0 Å². The van der Waals surface area contributed by atoms with Gasteiger partial charge in [-0.2, -0.15) is 5.10 Å². The molecule has 0 aliphatic carbocycles. The summed E-state index contributed by atoms with van der Waals surface area (Å²) in [5.41, 5.74) is 9.92. The molecule has 0 bridgehead atoms. The molecule has 6 aliphatic rings. The van der Waals surface area contributed by atoms with Crippen molar-refractivity contribution in [2.45, 2.75) is 166 Å². The number of halogens is 2. The highest BCUT2D eigenvalue weighted by molar-refractivity contribution is 6.33. The molecule has 0 fully saturated rings. The minimum atomic E-state index is -2.05. The van der Waals surface area contributed by atoms with Crippen LogP contribution >= 0.6 is 23.2 Å². The fourth-order valence-electron chi connectivity index (χ4n) is 17.4. The second kappa shape index (κ2) is 39.6. The molecule has 7 heterocycles. The number of hydrogen-bond donors (Lipinski definition) is 17. The number of esters is 1. The van der Waals surface area contributed by atoms with Crippen LogP contribution in [0.25, 0.3) is 33.1 Å². The number of hydrazone groups is 1. The SMILES string of the molecule is CC(C)[C@H](NC(=O)CNC(=O)[C@H](CC(=O)O)NC(=O)[C@@H](NC(=O)[C@H](CCC(=O)O)NC(=O)[C@H](CC(=O)O)NC(=O)CNC(=O)/C=N/NC(=O)c1ccc2c(c1)C1(OC2=O)c2cc(Cl)c(O)cc2Oc2cc(O)c(Cl)cc21)C(C)C)C(=O)N[C@@H](CCCCNC(=O)c1ccc(-c2c3cc4c5c(c3[o+]c3c6c7c(cc23)CCCN7CCC6)CCCN5CCC4)c(C(=O)O)c1)C(=O)O. The number of hydrogen-bond acceptors (Lipinski definition) is 23. The molecule has 13 rings (SSSR count). The van der Waals surface area contributed by atoms with Gasteiger partial charge in [-0.3, -0.25) is 62.3 Å². The number of unbranched alkanes of at least 4 members (excludes halogenated alkanes) is 1. The number of rotatable bonds is 36. The summed E-state index contributed by atoms with van der Waals surface area (Å²) in [5, 5.41) is 96.9. The molecule has 1 aromatic heterocycles. The van der Waals surface area contributed by atoms with Gasteiger partial charge < -0.3 is 103 Å². The Balaban J connectivity index is 0.578. The van der Waals surface area contributed by atoms with Crippen molar-refractivity contribution in [2.75, 3.05) is 55.6 Å². The number of carboxylic acid groups (broad SMARTS) is 5. The Labute approximate surface area is 750 Å². The quantitative estimate of drug-likeness (QED) is 0.00568. The second-order valence-corrected chi connectivity index (χ2v) is 33.9. The highest BCUT2D eigenvalue weighted by Crippen LogP contribution is 2.59. The number of benzene rings is 6. The van der Waals surface area contributed by atoms with Crippen LogP contribution in [0.4, 0.5) is 11.4 Å². The Morgan fingerprint density at radius 1 is 0.523 bits per heavy atom. The smallest absolute Gasteiger partial charge is 0.366 e. The lowest BCUT2D eigenvalue weighted by Gasteiger charge is -2.37. The molecule has 6 aromatic carbocycles. The molecule has 0 radical (unpaired) electrons. The molecule has 39 nitrogen and oxygen atoms in total. The maximum absolute atomic E-state index is 14.0. The number of aryl methyl sites for hydroxylation is 4. The van der Waals surface area contributed by atoms with Crippen LogP contribution in [-0.4, -0.2) is 219 Å². The number of aliphatic carboxylic acids is 4. The normalized spacial score (nSPS) is 15.6. The van der Waals surface area contributed by atoms with E-state index in [2.05, 4.69) is 80.3 Å². The monoisotopic (exact) mass is 1830 g/mol. The molecule has 684 valence electrons. The molecule has 17 N–H and O–H groups in total. The van der Waals surface area contributed by atoms with Crippen molar-refractivity contribution in [1.29, 1.82) is 0 Å². The van der Waals surface area contributed by atoms with Gasteiger partial charge in [0.05, 0.1) is 80.4 Å². The molecular formula is C89H94Cl2N13O26+. The fourth-order valence-corrected chi connectivity index (χ4v) is 17.7. The van der Waals surface area contributed by atoms with Crippen LogP contribution in [0.2, 0.25) is 10.0 Å². The van der Waals surface area contributed by atoms with E-state index in [4.69, 9.17) is 37.1 Å². The molecule has 6 atom stereocenters. The summed E-state index contributed by atoms with van der Waals surface area (Å²) >= 11 is 12.6. The molecule has 0 saturated heterocycles. The van der Waals surface area contributed by atoms with Crippen molar-refractivity contribution in [2.24, 2.45) is 16.9 Å². The molecule has 0 saturated carbocycles. The van der Waals surface area contributed by atoms with Gasteiger partial charge in [-0.15, -0.1) is 0 Å². The molecule has 7 aromatic rings. The van der Waals surface area contributed by atoms with Crippen LogP contribution in [0.3, 0.4) is 0 Å². The van der Waals surface area contributed by atoms with Crippen LogP contribution in [0.5, 0.6) is 23.0 Å². The Kier molecular flexibility index (Phi) is 28.4. The molecule has 0 unspecified atom stereocenters. The Morgan fingerprint density at radius 3 is 1.58 bits per heavy atom. The topological polar surface area (TPSA) is 584 Å². The van der Waals surface area contributed by atoms with E-state index in [9.17, 15) is 112 Å². The zero-order valence-corrected chi connectivity index (χ0v) is 72.2. The van der Waals surface area contributed by atoms with Gasteiger partial charge in [0.2, 0.25) is 41.4 Å². The number of anilines is 2. The van der Waals surface area contributed by atoms with Crippen LogP contribution in [0, 0.1) is 11.8 Å². The zero-order chi connectivity index (χ0) is 93.6. The molecule has 10 amide bonds. The van der Waals surface area contributed by atoms with Gasteiger partial charge in [0.25, 0.3) is 17.7 Å². The molecule has 1 spiro atoms. The first-order valence-electron chi connectivity index (χ1n) is 42.2. The van der Waals surface area contributed by atoms with Gasteiger partial charge in [-0.1, -0.05) is 57.0 Å². The van der Waals surface area contributed by atoms with Crippen molar-refractivity contribution in [3.8, 4) is 34.1 Å². The summed E-state index contributed by atoms with van der Waals surface area (Å²) in [6, 6.07) is 6.91. The van der Waals surface area contributed by atoms with E-state index in [1.165, 1.54) is 86.6 Å². The van der Waals surface area contributed by atoms with Gasteiger partial charge in [-0.25, -0.2) is 24.2 Å². The third-order valence-electron chi connectivity index (χ3n) is 23.5. The molecule has 6 aliphatic heterocycles. The third kappa shape index (κ3) is 20.2. The Bertz CT molecular complexity index is 5770. The zero-order valence-electron chi connectivity index (χ0n) is 70.7. The number of phenolic OH excluding ortho intramolecular Hbond substituents is 2. The Morgan fingerprint density at radius 2 is 1.03 bits per heavy atom. The van der Waals surface area contributed by atoms with Crippen LogP contribution in [-0.2, 0) is 93.6 Å². The summed E-state index contributed by atoms with van der Waals surface area (Å²) in [4.78, 5) is 217. The number of carbonyl (C=O) groups excluding carboxylic acids is 11. The van der Waals surface area contributed by atoms with Crippen molar-refractivity contribution in [3.05, 3.63) is 144 Å². The van der Waals surface area contributed by atoms with Gasteiger partial charge in [0, 0.05) is 84.7 Å². The molecule has 130 heavy (non-hydrogen) atoms. The number of nitrogens with zero attached hydrogens (tertiary/aromatic N) is 3. The van der Waals surface area contributed by atoms with E-state index in [-0.39, 0.29) is 86.3 Å². The average molecular weight is 1830 g/mol. The maximum Gasteiger partial charge on any atom is 0.366 e. The second-order valence-electron chi connectivity index (χ2n) is 33.1. The van der Waals surface area contributed by atoms with E-state index in [0.29, 0.717) is 11.8 Å². The third-order valence-corrected chi connectivity index (χ3v) is 24.1. The lowest BCUT2D eigenvalue weighted by Crippen LogP contribution is -2.60. The fraction of sp³-hybridized carbons (Fsp3) is 0.393. The van der Waals surface area contributed by atoms with Crippen molar-refractivity contribution >= 4 is 158 Å². The van der Waals surface area contributed by atoms with Gasteiger partial charge in [0.15, 0.2) is 5.60 Å². The van der Waals surface area contributed by atoms with E-state index < -0.39 is 199 Å². The number of carboxylic acids is 5. The van der Waals surface area contributed by atoms with Gasteiger partial charge in [0.1, 0.15) is 65.5 Å². The minimum absolute atomic E-state index is 0.0171. The standard InChI is InChI=1S/C89H93Cl2N13O26/c1-40(2)73(84(121)98-59(87(125)126)15-5-6-22-92-79(116)44-16-18-46(50(29-44)86(123)124)72-51-27-42-11-7-23-103-25-9-13-48(75(42)103)77(51)129-78-49-14-10-26-104-24-8-12-43(76(49)104)28-52(72)78)100-68(109)38-94-81(118)60(33-70(112)113)99-85(122)74(41(3)4)101-82(119)58(20-21-69(110)111)97-83(120)61(34-71(114)115)96-67(108)37-93-66(107)39-95-102-80(117)45-17-19-47-53(30-45)89(130-88(47)127)54-31-56(90)62(105)35-64(54)128-65-36-63(106)57(91)32-55(65)89/h16-19,27-32,35-36,39-41,58-61,73-74H,5-15,20-26,33-34,37-38H2,1-4H3,(H16-,92,93,94,96,97,98,99,100,101,102,105,106,107,108,109,110,111,112,113,114,115,116,117,118,119,120,121,122,123,124,125,126)/p+1/t58-,59-,60-,61-,73-,74-/m0/s1. The van der Waals surface area contributed by atoms with Crippen LogP contribution in [0.15, 0.2) is 82.3 Å². The number of nitrogens with one attached hydrogen (secondary N) is 10. The van der Waals surface area contributed by atoms with Crippen molar-refractivity contribution < 1.29 is 126 Å². The maximum atomic E-state index is 14.0. The van der Waals surface area contributed by atoms with Gasteiger partial charge >= 0.3 is 47.0 Å². The van der Waals surface area contributed by atoms with E-state index in [1.807, 2.05) is 0 Å². The molecular weight excluding hydrogens is 1740 g/mol. The lowest BCUT2D eigenvalue weighted by atomic mass is 9.77. The number of aromatic carboxylic acids is 1. The summed E-state index contributed by atoms with van der Waals surface area (Å²) in [6.45, 7) is 7.66. The lowest BCUT2D eigenvalue weighted by molar-refractivity contribution is -0.143. The largest absolute Gasteiger partial charge is 0.506 e. The summed E-state index contributed by atoms with van der Waals surface area (Å²) in [5.74, 6) is -22.1. The summed E-state index contributed by atoms with van der Waals surface area (Å²) in [6.07, 6.45) is 4.00.